The van der Waals surface area contributed by atoms with Crippen LogP contribution in [0.3, 0.4) is 0 Å². The lowest BCUT2D eigenvalue weighted by Crippen LogP contribution is -2.22. The summed E-state index contributed by atoms with van der Waals surface area (Å²) in [5.74, 6) is -1.06. The number of hydrogen-bond acceptors (Lipinski definition) is 4. The van der Waals surface area contributed by atoms with Gasteiger partial charge >= 0.3 is 5.97 Å². The average molecular weight is 273 g/mol. The molecule has 0 atom stereocenters. The Bertz CT molecular complexity index is 524. The lowest BCUT2D eigenvalue weighted by molar-refractivity contribution is -0.142. The van der Waals surface area contributed by atoms with Gasteiger partial charge in [0.25, 0.3) is 0 Å². The van der Waals surface area contributed by atoms with Crippen molar-refractivity contribution >= 4 is 16.0 Å². The molecule has 0 unspecified atom stereocenters. The van der Waals surface area contributed by atoms with Crippen molar-refractivity contribution in [1.29, 1.82) is 0 Å². The van der Waals surface area contributed by atoms with E-state index in [0.29, 0.717) is 5.56 Å². The highest BCUT2D eigenvalue weighted by Gasteiger charge is 2.17. The first-order chi connectivity index (χ1) is 8.34. The highest BCUT2D eigenvalue weighted by atomic mass is 32.2. The van der Waals surface area contributed by atoms with Crippen LogP contribution in [0.4, 0.5) is 0 Å². The fourth-order valence-corrected chi connectivity index (χ4v) is 2.24. The van der Waals surface area contributed by atoms with Crippen molar-refractivity contribution in [3.8, 4) is 0 Å². The predicted molar refractivity (Wildman–Crippen MR) is 64.6 cm³/mol. The summed E-state index contributed by atoms with van der Waals surface area (Å²) < 4.78 is 29.7. The molecule has 0 heterocycles. The van der Waals surface area contributed by atoms with E-state index >= 15 is 0 Å². The molecule has 0 aliphatic heterocycles. The fourth-order valence-electron chi connectivity index (χ4n) is 1.26. The molecule has 0 saturated heterocycles. The molecule has 1 N–H and O–H groups in total. The van der Waals surface area contributed by atoms with Gasteiger partial charge in [-0.3, -0.25) is 0 Å². The highest BCUT2D eigenvalue weighted by molar-refractivity contribution is 7.89. The Labute approximate surface area is 106 Å². The van der Waals surface area contributed by atoms with Crippen molar-refractivity contribution in [3.63, 3.8) is 0 Å². The smallest absolute Gasteiger partial charge is 0.329 e. The van der Waals surface area contributed by atoms with E-state index in [-0.39, 0.29) is 11.5 Å². The van der Waals surface area contributed by atoms with E-state index in [1.165, 1.54) is 26.2 Å². The van der Waals surface area contributed by atoms with Gasteiger partial charge in [0.15, 0.2) is 0 Å². The van der Waals surface area contributed by atoms with Gasteiger partial charge in [-0.2, -0.15) is 0 Å². The van der Waals surface area contributed by atoms with Gasteiger partial charge in [-0.25, -0.2) is 17.5 Å². The van der Waals surface area contributed by atoms with E-state index in [1.807, 2.05) is 0 Å². The van der Waals surface area contributed by atoms with Crippen LogP contribution in [0, 0.1) is 0 Å². The van der Waals surface area contributed by atoms with Crippen molar-refractivity contribution in [3.05, 3.63) is 29.8 Å². The van der Waals surface area contributed by atoms with Crippen LogP contribution in [0.1, 0.15) is 5.56 Å². The molecular weight excluding hydrogens is 258 g/mol. The maximum absolute atomic E-state index is 11.9. The number of hydrogen-bond donors (Lipinski definition) is 1. The Morgan fingerprint density at radius 3 is 2.61 bits per heavy atom. The van der Waals surface area contributed by atoms with E-state index in [2.05, 4.69) is 0 Å². The van der Waals surface area contributed by atoms with Crippen LogP contribution < -0.4 is 0 Å². The quantitative estimate of drug-likeness (QED) is 0.817. The molecule has 0 radical (unpaired) electrons. The molecule has 0 spiro atoms. The summed E-state index contributed by atoms with van der Waals surface area (Å²) in [4.78, 5) is 10.4. The second-order valence-corrected chi connectivity index (χ2v) is 5.97. The van der Waals surface area contributed by atoms with Crippen LogP contribution >= 0.6 is 0 Å². The molecule has 1 rings (SSSR count). The Morgan fingerprint density at radius 2 is 2.06 bits per heavy atom. The minimum atomic E-state index is -3.48. The lowest BCUT2D eigenvalue weighted by Gasteiger charge is -2.12. The van der Waals surface area contributed by atoms with Crippen LogP contribution in [0.5, 0.6) is 0 Å². The second kappa shape index (κ2) is 5.94. The van der Waals surface area contributed by atoms with Crippen molar-refractivity contribution in [2.24, 2.45) is 0 Å². The Kier molecular flexibility index (Phi) is 4.83. The van der Waals surface area contributed by atoms with Gasteiger partial charge in [-0.05, 0) is 17.7 Å². The molecule has 0 aliphatic rings. The Balaban J connectivity index is 2.83. The Morgan fingerprint density at radius 1 is 1.39 bits per heavy atom. The first-order valence-electron chi connectivity index (χ1n) is 5.15. The topological polar surface area (TPSA) is 83.9 Å². The van der Waals surface area contributed by atoms with Crippen LogP contribution in [0.25, 0.3) is 0 Å². The molecule has 0 saturated carbocycles. The number of carboxylic acid groups (broad SMARTS) is 1. The minimum absolute atomic E-state index is 0.0586. The van der Waals surface area contributed by atoms with Crippen molar-refractivity contribution in [1.82, 2.24) is 4.31 Å². The van der Waals surface area contributed by atoms with Crippen molar-refractivity contribution in [2.75, 3.05) is 20.7 Å². The second-order valence-electron chi connectivity index (χ2n) is 3.82. The van der Waals surface area contributed by atoms with Gasteiger partial charge in [0.1, 0.15) is 6.61 Å². The molecule has 7 heteroatoms. The molecule has 1 aromatic rings. The summed E-state index contributed by atoms with van der Waals surface area (Å²) in [5.41, 5.74) is 0.610. The standard InChI is InChI=1S/C11H15NO5S/c1-12(2)18(15,16)10-5-3-4-9(6-10)7-17-8-11(13)14/h3-6H,7-8H2,1-2H3,(H,13,14). The summed E-state index contributed by atoms with van der Waals surface area (Å²) in [6.45, 7) is -0.353. The van der Waals surface area contributed by atoms with Crippen LogP contribution in [0.2, 0.25) is 0 Å². The number of aliphatic carboxylic acids is 1. The summed E-state index contributed by atoms with van der Waals surface area (Å²) in [6, 6.07) is 6.22. The van der Waals surface area contributed by atoms with Gasteiger partial charge < -0.3 is 9.84 Å². The zero-order valence-corrected chi connectivity index (χ0v) is 11.0. The first kappa shape index (κ1) is 14.6. The Hall–Kier alpha value is -1.44. The zero-order chi connectivity index (χ0) is 13.8. The number of carbonyl (C=O) groups is 1. The van der Waals surface area contributed by atoms with E-state index in [4.69, 9.17) is 9.84 Å². The van der Waals surface area contributed by atoms with Crippen molar-refractivity contribution in [2.45, 2.75) is 11.5 Å². The molecule has 1 aromatic carbocycles. The molecule has 0 aliphatic carbocycles. The molecule has 100 valence electrons. The normalized spacial score (nSPS) is 11.7. The third kappa shape index (κ3) is 3.80. The third-order valence-electron chi connectivity index (χ3n) is 2.17. The molecule has 18 heavy (non-hydrogen) atoms. The van der Waals surface area contributed by atoms with E-state index < -0.39 is 22.6 Å². The number of rotatable bonds is 6. The number of carboxylic acids is 1. The number of sulfonamides is 1. The summed E-state index contributed by atoms with van der Waals surface area (Å²) >= 11 is 0. The van der Waals surface area contributed by atoms with Crippen LogP contribution in [-0.4, -0.2) is 44.5 Å². The molecule has 0 amide bonds. The summed E-state index contributed by atoms with van der Waals surface area (Å²) in [5, 5.41) is 8.42. The zero-order valence-electron chi connectivity index (χ0n) is 10.2. The highest BCUT2D eigenvalue weighted by Crippen LogP contribution is 2.15. The van der Waals surface area contributed by atoms with Gasteiger partial charge in [-0.15, -0.1) is 0 Å². The van der Waals surface area contributed by atoms with E-state index in [9.17, 15) is 13.2 Å². The molecule has 0 fully saturated rings. The minimum Gasteiger partial charge on any atom is -0.480 e. The molecule has 0 aromatic heterocycles. The lowest BCUT2D eigenvalue weighted by atomic mass is 10.2. The average Bonchev–Trinajstić information content (AvgIpc) is 2.28. The molecule has 6 nitrogen and oxygen atoms in total. The third-order valence-corrected chi connectivity index (χ3v) is 3.98. The summed E-state index contributed by atoms with van der Waals surface area (Å²) in [6.07, 6.45) is 0. The van der Waals surface area contributed by atoms with E-state index in [1.54, 1.807) is 12.1 Å². The van der Waals surface area contributed by atoms with Gasteiger partial charge in [0.05, 0.1) is 11.5 Å². The maximum Gasteiger partial charge on any atom is 0.329 e. The maximum atomic E-state index is 11.9. The number of benzene rings is 1. The predicted octanol–water partition coefficient (Wildman–Crippen LogP) is 0.538. The summed E-state index contributed by atoms with van der Waals surface area (Å²) in [7, 11) is -0.585. The van der Waals surface area contributed by atoms with Gasteiger partial charge in [0, 0.05) is 14.1 Å². The van der Waals surface area contributed by atoms with Gasteiger partial charge in [-0.1, -0.05) is 12.1 Å². The monoisotopic (exact) mass is 273 g/mol. The fraction of sp³-hybridized carbons (Fsp3) is 0.364. The van der Waals surface area contributed by atoms with Crippen LogP contribution in [0.15, 0.2) is 29.2 Å². The number of nitrogens with zero attached hydrogens (tertiary/aromatic N) is 1. The molecule has 0 bridgehead atoms. The largest absolute Gasteiger partial charge is 0.480 e. The SMILES string of the molecule is CN(C)S(=O)(=O)c1cccc(COCC(=O)O)c1. The van der Waals surface area contributed by atoms with Gasteiger partial charge in [0.2, 0.25) is 10.0 Å². The van der Waals surface area contributed by atoms with E-state index in [0.717, 1.165) is 4.31 Å². The van der Waals surface area contributed by atoms with Crippen molar-refractivity contribution < 1.29 is 23.1 Å². The first-order valence-corrected chi connectivity index (χ1v) is 6.59. The van der Waals surface area contributed by atoms with Crippen LogP contribution in [-0.2, 0) is 26.2 Å². The molecular formula is C11H15NO5S. The number of ether oxygens (including phenoxy) is 1.